The van der Waals surface area contributed by atoms with Crippen molar-refractivity contribution in [2.45, 2.75) is 60.1 Å². The summed E-state index contributed by atoms with van der Waals surface area (Å²) in [4.78, 5) is 85.3. The number of hydrogen-bond donors (Lipinski definition) is 6. The van der Waals surface area contributed by atoms with E-state index < -0.39 is 30.0 Å². The maximum absolute atomic E-state index is 13.5. The molecule has 0 radical (unpaired) electrons. The molecule has 0 saturated carbocycles. The molecule has 0 aliphatic carbocycles. The summed E-state index contributed by atoms with van der Waals surface area (Å²) in [5, 5.41) is 18.2. The van der Waals surface area contributed by atoms with Crippen molar-refractivity contribution in [3.8, 4) is 16.9 Å². The van der Waals surface area contributed by atoms with Crippen molar-refractivity contribution in [2.75, 3.05) is 62.4 Å². The third-order valence-corrected chi connectivity index (χ3v) is 11.3. The molecule has 0 bridgehead atoms. The van der Waals surface area contributed by atoms with Gasteiger partial charge in [-0.25, -0.2) is 9.59 Å². The quantitative estimate of drug-likeness (QED) is 0.0343. The first-order valence-corrected chi connectivity index (χ1v) is 22.1. The molecule has 6 rings (SSSR count). The molecule has 1 aliphatic heterocycles. The van der Waals surface area contributed by atoms with Gasteiger partial charge in [-0.3, -0.25) is 24.3 Å². The summed E-state index contributed by atoms with van der Waals surface area (Å²) >= 11 is 0. The van der Waals surface area contributed by atoms with Crippen LogP contribution in [0.4, 0.5) is 21.9 Å². The highest BCUT2D eigenvalue weighted by atomic mass is 16.6. The third-order valence-electron chi connectivity index (χ3n) is 11.3. The summed E-state index contributed by atoms with van der Waals surface area (Å²) in [5.41, 5.74) is 7.48. The van der Waals surface area contributed by atoms with Gasteiger partial charge < -0.3 is 50.3 Å². The number of hydrogen-bond acceptors (Lipinski definition) is 11. The predicted molar refractivity (Wildman–Crippen MR) is 254 cm³/mol. The number of rotatable bonds is 21. The van der Waals surface area contributed by atoms with E-state index in [9.17, 15) is 28.8 Å². The van der Waals surface area contributed by atoms with Crippen LogP contribution < -0.4 is 26.0 Å². The number of benzene rings is 3. The van der Waals surface area contributed by atoms with E-state index in [0.717, 1.165) is 36.3 Å². The number of urea groups is 1. The first kappa shape index (κ1) is 48.7. The average Bonchev–Trinajstić information content (AvgIpc) is 4.04. The largest absolute Gasteiger partial charge is 0.497 e. The number of esters is 2. The highest BCUT2D eigenvalue weighted by Crippen LogP contribution is 2.36. The van der Waals surface area contributed by atoms with Gasteiger partial charge in [-0.05, 0) is 99.1 Å². The molecule has 1 atom stereocenters. The number of anilines is 3. The van der Waals surface area contributed by atoms with Gasteiger partial charge in [0.1, 0.15) is 12.4 Å². The molecule has 2 aromatic heterocycles. The minimum Gasteiger partial charge on any atom is -0.497 e. The molecule has 352 valence electrons. The number of carbonyl (C=O) groups excluding carboxylic acids is 6. The zero-order valence-electron chi connectivity index (χ0n) is 38.5. The number of aryl methyl sites for hydroxylation is 1. The second kappa shape index (κ2) is 22.9. The fourth-order valence-electron chi connectivity index (χ4n) is 7.49. The summed E-state index contributed by atoms with van der Waals surface area (Å²) < 4.78 is 16.0. The number of aromatic amines is 2. The van der Waals surface area contributed by atoms with E-state index in [0.29, 0.717) is 63.0 Å². The monoisotopic (exact) mass is 915 g/mol. The SMILES string of the molecule is CCN(CC)CCNC(=O)c1c(C)[nH]c(/C=C2\C(=O)Nc3ccc(NC(=O)CCC(=O)O[C@@H](C)C(=O)OCCN(Cc4cccc(OC)c4)C(=O)Nc4ccc(-c5cn[nH]c5)cc4)cc32)c1C. The van der Waals surface area contributed by atoms with Gasteiger partial charge in [-0.2, -0.15) is 5.10 Å². The fourth-order valence-corrected chi connectivity index (χ4v) is 7.49. The topological polar surface area (TPSA) is 229 Å². The van der Waals surface area contributed by atoms with Crippen LogP contribution in [0.5, 0.6) is 5.75 Å². The Hall–Kier alpha value is -7.73. The number of amides is 5. The van der Waals surface area contributed by atoms with Crippen molar-refractivity contribution >= 4 is 64.4 Å². The van der Waals surface area contributed by atoms with E-state index in [1.54, 1.807) is 68.0 Å². The van der Waals surface area contributed by atoms with Gasteiger partial charge in [0.15, 0.2) is 6.10 Å². The Kier molecular flexibility index (Phi) is 16.7. The van der Waals surface area contributed by atoms with Crippen LogP contribution >= 0.6 is 0 Å². The normalized spacial score (nSPS) is 12.8. The summed E-state index contributed by atoms with van der Waals surface area (Å²) in [5.74, 6) is -2.03. The van der Waals surface area contributed by atoms with Gasteiger partial charge in [-0.15, -0.1) is 0 Å². The van der Waals surface area contributed by atoms with E-state index in [-0.39, 0.29) is 44.4 Å². The number of aromatic nitrogens is 3. The molecule has 6 N–H and O–H groups in total. The van der Waals surface area contributed by atoms with E-state index in [1.165, 1.54) is 11.8 Å². The van der Waals surface area contributed by atoms with Gasteiger partial charge in [-0.1, -0.05) is 38.1 Å². The summed E-state index contributed by atoms with van der Waals surface area (Å²) in [6.45, 7) is 12.1. The van der Waals surface area contributed by atoms with Crippen LogP contribution in [-0.4, -0.2) is 113 Å². The molecule has 18 nitrogen and oxygen atoms in total. The van der Waals surface area contributed by atoms with Crippen molar-refractivity contribution < 1.29 is 43.0 Å². The molecular weight excluding hydrogens is 859 g/mol. The maximum atomic E-state index is 13.5. The lowest BCUT2D eigenvalue weighted by atomic mass is 10.0. The van der Waals surface area contributed by atoms with Crippen molar-refractivity contribution in [1.29, 1.82) is 0 Å². The van der Waals surface area contributed by atoms with E-state index in [4.69, 9.17) is 14.2 Å². The standard InChI is InChI=1S/C49H57N9O9/c1-7-57(8-2)21-20-50-47(62)45-30(3)42(53-31(45)4)26-40-39-25-37(16-17-41(39)56-46(40)61)54-43(59)18-19-44(60)67-32(5)48(63)66-23-22-58(29-33-10-9-11-38(24-33)65-6)49(64)55-36-14-12-34(13-15-36)35-27-51-52-28-35/h9-17,24-28,32,53H,7-8,18-23,29H2,1-6H3,(H,50,62)(H,51,52)(H,54,59)(H,55,64)(H,56,61)/b40-26-/t32-/m0/s1. The molecule has 0 spiro atoms. The highest BCUT2D eigenvalue weighted by molar-refractivity contribution is 6.35. The number of H-pyrrole nitrogens is 2. The Balaban J connectivity index is 0.986. The van der Waals surface area contributed by atoms with Crippen LogP contribution in [0.25, 0.3) is 22.8 Å². The number of nitrogens with zero attached hydrogens (tertiary/aromatic N) is 3. The lowest BCUT2D eigenvalue weighted by Crippen LogP contribution is -2.38. The molecule has 3 aromatic carbocycles. The molecular formula is C49H57N9O9. The van der Waals surface area contributed by atoms with Crippen LogP contribution in [0.2, 0.25) is 0 Å². The molecule has 0 fully saturated rings. The van der Waals surface area contributed by atoms with Gasteiger partial charge in [0.25, 0.3) is 11.8 Å². The van der Waals surface area contributed by atoms with Crippen LogP contribution in [-0.2, 0) is 35.2 Å². The van der Waals surface area contributed by atoms with Crippen LogP contribution in [0, 0.1) is 13.8 Å². The second-order valence-corrected chi connectivity index (χ2v) is 15.8. The minimum atomic E-state index is -1.29. The summed E-state index contributed by atoms with van der Waals surface area (Å²) in [6, 6.07) is 19.0. The van der Waals surface area contributed by atoms with Gasteiger partial charge in [0.2, 0.25) is 5.91 Å². The number of methoxy groups -OCH3 is 1. The Labute approximate surface area is 388 Å². The summed E-state index contributed by atoms with van der Waals surface area (Å²) in [6.07, 6.45) is 3.29. The summed E-state index contributed by atoms with van der Waals surface area (Å²) in [7, 11) is 1.55. The van der Waals surface area contributed by atoms with E-state index in [1.807, 2.05) is 38.1 Å². The number of nitrogens with one attached hydrogen (secondary N) is 6. The number of carbonyl (C=O) groups is 6. The van der Waals surface area contributed by atoms with Crippen molar-refractivity contribution in [1.82, 2.24) is 30.3 Å². The Bertz CT molecular complexity index is 2600. The zero-order chi connectivity index (χ0) is 48.0. The highest BCUT2D eigenvalue weighted by Gasteiger charge is 2.27. The predicted octanol–water partition coefficient (Wildman–Crippen LogP) is 6.52. The van der Waals surface area contributed by atoms with Crippen LogP contribution in [0.3, 0.4) is 0 Å². The molecule has 18 heteroatoms. The van der Waals surface area contributed by atoms with E-state index in [2.05, 4.69) is 55.2 Å². The first-order chi connectivity index (χ1) is 32.3. The van der Waals surface area contributed by atoms with Crippen LogP contribution in [0.1, 0.15) is 72.0 Å². The Morgan fingerprint density at radius 1 is 0.896 bits per heavy atom. The van der Waals surface area contributed by atoms with Crippen LogP contribution in [0.15, 0.2) is 79.1 Å². The van der Waals surface area contributed by atoms with Gasteiger partial charge in [0.05, 0.1) is 37.4 Å². The smallest absolute Gasteiger partial charge is 0.347 e. The van der Waals surface area contributed by atoms with E-state index >= 15 is 0 Å². The molecule has 5 aromatic rings. The molecule has 0 saturated heterocycles. The maximum Gasteiger partial charge on any atom is 0.347 e. The second-order valence-electron chi connectivity index (χ2n) is 15.8. The van der Waals surface area contributed by atoms with Crippen molar-refractivity contribution in [3.63, 3.8) is 0 Å². The number of ether oxygens (including phenoxy) is 3. The lowest BCUT2D eigenvalue weighted by molar-refractivity contribution is -0.166. The van der Waals surface area contributed by atoms with Gasteiger partial charge in [0, 0.05) is 71.8 Å². The molecule has 3 heterocycles. The molecule has 1 aliphatic rings. The third kappa shape index (κ3) is 13.0. The van der Waals surface area contributed by atoms with Gasteiger partial charge >= 0.3 is 18.0 Å². The fraction of sp³-hybridized carbons (Fsp3) is 0.327. The van der Waals surface area contributed by atoms with Crippen molar-refractivity contribution in [3.05, 3.63) is 113 Å². The average molecular weight is 916 g/mol. The lowest BCUT2D eigenvalue weighted by Gasteiger charge is -2.24. The molecule has 67 heavy (non-hydrogen) atoms. The first-order valence-electron chi connectivity index (χ1n) is 22.1. The molecule has 0 unspecified atom stereocenters. The van der Waals surface area contributed by atoms with Crippen molar-refractivity contribution in [2.24, 2.45) is 0 Å². The Morgan fingerprint density at radius 3 is 2.37 bits per heavy atom. The number of fused-ring (bicyclic) bond motifs is 1. The minimum absolute atomic E-state index is 0.00941. The zero-order valence-corrected chi connectivity index (χ0v) is 38.5. The Morgan fingerprint density at radius 2 is 1.66 bits per heavy atom. The molecule has 5 amide bonds. The number of likely N-dealkylation sites (N-methyl/N-ethyl adjacent to an activating group) is 1.